The molecule has 2 rings (SSSR count). The maximum atomic E-state index is 5.80. The molecule has 0 radical (unpaired) electrons. The summed E-state index contributed by atoms with van der Waals surface area (Å²) in [7, 11) is 0. The molecule has 6 N–H and O–H groups in total. The molecule has 0 bridgehead atoms. The monoisotopic (exact) mass is 235 g/mol. The minimum Gasteiger partial charge on any atom is -0.384 e. The second kappa shape index (κ2) is 4.98. The van der Waals surface area contributed by atoms with Crippen LogP contribution in [0.3, 0.4) is 0 Å². The Kier molecular flexibility index (Phi) is 3.40. The van der Waals surface area contributed by atoms with Gasteiger partial charge in [-0.1, -0.05) is 6.92 Å². The lowest BCUT2D eigenvalue weighted by Crippen LogP contribution is -2.31. The summed E-state index contributed by atoms with van der Waals surface area (Å²) in [6, 6.07) is 1.72. The molecule has 0 aliphatic rings. The number of hydrogen-bond acceptors (Lipinski definition) is 5. The highest BCUT2D eigenvalue weighted by molar-refractivity contribution is 5.42. The van der Waals surface area contributed by atoms with E-state index in [-0.39, 0.29) is 6.04 Å². The molecule has 0 aliphatic heterocycles. The van der Waals surface area contributed by atoms with Crippen molar-refractivity contribution in [3.63, 3.8) is 0 Å². The number of anilines is 1. The number of rotatable bonds is 5. The maximum absolute atomic E-state index is 5.80. The highest BCUT2D eigenvalue weighted by Gasteiger charge is 2.20. The van der Waals surface area contributed by atoms with Gasteiger partial charge >= 0.3 is 0 Å². The molecule has 0 amide bonds. The average molecular weight is 235 g/mol. The zero-order valence-electron chi connectivity index (χ0n) is 9.72. The number of nitrogen functional groups attached to an aromatic ring is 1. The summed E-state index contributed by atoms with van der Waals surface area (Å²) < 4.78 is 1.91. The molecule has 0 saturated carbocycles. The molecule has 17 heavy (non-hydrogen) atoms. The zero-order valence-corrected chi connectivity index (χ0v) is 9.72. The molecule has 0 aliphatic carbocycles. The standard InChI is InChI=1S/C10H17N7/c1-2-5-17-8(3-4-14-17)9(15-12)7-6-13-16-10(7)11/h3-4,6,9,15H,2,5,12H2,1H3,(H3,11,13,16). The van der Waals surface area contributed by atoms with Crippen LogP contribution in [-0.2, 0) is 6.54 Å². The Morgan fingerprint density at radius 1 is 1.59 bits per heavy atom. The Balaban J connectivity index is 2.35. The largest absolute Gasteiger partial charge is 0.384 e. The summed E-state index contributed by atoms with van der Waals surface area (Å²) >= 11 is 0. The lowest BCUT2D eigenvalue weighted by atomic mass is 10.1. The Hall–Kier alpha value is -1.86. The molecule has 0 saturated heterocycles. The number of hydrazine groups is 1. The highest BCUT2D eigenvalue weighted by atomic mass is 15.3. The van der Waals surface area contributed by atoms with E-state index in [2.05, 4.69) is 27.6 Å². The van der Waals surface area contributed by atoms with Crippen LogP contribution in [0.1, 0.15) is 30.6 Å². The molecule has 1 unspecified atom stereocenters. The highest BCUT2D eigenvalue weighted by Crippen LogP contribution is 2.24. The van der Waals surface area contributed by atoms with Gasteiger partial charge in [-0.25, -0.2) is 5.43 Å². The SMILES string of the molecule is CCCn1nccc1C(NN)c1cn[nH]c1N. The Labute approximate surface area is 99.2 Å². The number of aromatic amines is 1. The number of aryl methyl sites for hydroxylation is 1. The van der Waals surface area contributed by atoms with E-state index in [1.807, 2.05) is 10.7 Å². The Bertz CT molecular complexity index is 472. The van der Waals surface area contributed by atoms with E-state index >= 15 is 0 Å². The molecule has 7 nitrogen and oxygen atoms in total. The fourth-order valence-corrected chi connectivity index (χ4v) is 1.86. The molecule has 2 aromatic rings. The normalized spacial score (nSPS) is 12.8. The van der Waals surface area contributed by atoms with Crippen LogP contribution in [0.25, 0.3) is 0 Å². The topological polar surface area (TPSA) is 111 Å². The molecule has 2 heterocycles. The van der Waals surface area contributed by atoms with E-state index in [1.54, 1.807) is 12.4 Å². The smallest absolute Gasteiger partial charge is 0.124 e. The first kappa shape index (κ1) is 11.6. The van der Waals surface area contributed by atoms with Crippen molar-refractivity contribution in [2.24, 2.45) is 5.84 Å². The summed E-state index contributed by atoms with van der Waals surface area (Å²) in [6.07, 6.45) is 4.43. The van der Waals surface area contributed by atoms with E-state index in [0.29, 0.717) is 5.82 Å². The van der Waals surface area contributed by atoms with Gasteiger partial charge in [0.1, 0.15) is 5.82 Å². The van der Waals surface area contributed by atoms with Gasteiger partial charge in [-0.3, -0.25) is 15.6 Å². The van der Waals surface area contributed by atoms with Crippen molar-refractivity contribution < 1.29 is 0 Å². The Morgan fingerprint density at radius 3 is 3.00 bits per heavy atom. The van der Waals surface area contributed by atoms with Crippen LogP contribution >= 0.6 is 0 Å². The Morgan fingerprint density at radius 2 is 2.41 bits per heavy atom. The van der Waals surface area contributed by atoms with Crippen LogP contribution in [0.4, 0.5) is 5.82 Å². The molecule has 0 fully saturated rings. The van der Waals surface area contributed by atoms with Crippen LogP contribution in [0.15, 0.2) is 18.5 Å². The van der Waals surface area contributed by atoms with Gasteiger partial charge < -0.3 is 5.73 Å². The maximum Gasteiger partial charge on any atom is 0.124 e. The van der Waals surface area contributed by atoms with Gasteiger partial charge in [-0.15, -0.1) is 0 Å². The van der Waals surface area contributed by atoms with E-state index < -0.39 is 0 Å². The van der Waals surface area contributed by atoms with Gasteiger partial charge in [0, 0.05) is 18.3 Å². The van der Waals surface area contributed by atoms with Crippen molar-refractivity contribution in [3.05, 3.63) is 29.7 Å². The third kappa shape index (κ3) is 2.15. The summed E-state index contributed by atoms with van der Waals surface area (Å²) in [5.74, 6) is 6.11. The van der Waals surface area contributed by atoms with Gasteiger partial charge in [0.15, 0.2) is 0 Å². The number of nitrogens with two attached hydrogens (primary N) is 2. The molecule has 1 atom stereocenters. The van der Waals surface area contributed by atoms with Gasteiger partial charge in [-0.05, 0) is 12.5 Å². The number of nitrogens with one attached hydrogen (secondary N) is 2. The second-order valence-electron chi connectivity index (χ2n) is 3.82. The summed E-state index contributed by atoms with van der Waals surface area (Å²) in [5, 5.41) is 10.9. The van der Waals surface area contributed by atoms with Crippen molar-refractivity contribution in [1.29, 1.82) is 0 Å². The van der Waals surface area contributed by atoms with Crippen molar-refractivity contribution in [2.45, 2.75) is 25.9 Å². The van der Waals surface area contributed by atoms with Crippen LogP contribution in [0, 0.1) is 0 Å². The quantitative estimate of drug-likeness (QED) is 0.435. The summed E-state index contributed by atoms with van der Waals surface area (Å²) in [4.78, 5) is 0. The molecule has 0 aromatic carbocycles. The first-order valence-corrected chi connectivity index (χ1v) is 5.54. The van der Waals surface area contributed by atoms with Crippen LogP contribution < -0.4 is 17.0 Å². The molecular weight excluding hydrogens is 218 g/mol. The van der Waals surface area contributed by atoms with Crippen LogP contribution in [0.2, 0.25) is 0 Å². The minimum atomic E-state index is -0.206. The first-order chi connectivity index (χ1) is 8.27. The number of nitrogens with zero attached hydrogens (tertiary/aromatic N) is 3. The molecule has 0 spiro atoms. The van der Waals surface area contributed by atoms with Crippen molar-refractivity contribution in [3.8, 4) is 0 Å². The van der Waals surface area contributed by atoms with E-state index in [0.717, 1.165) is 24.2 Å². The molecule has 92 valence electrons. The molecule has 7 heteroatoms. The summed E-state index contributed by atoms with van der Waals surface area (Å²) in [6.45, 7) is 2.95. The van der Waals surface area contributed by atoms with E-state index in [4.69, 9.17) is 11.6 Å². The fourth-order valence-electron chi connectivity index (χ4n) is 1.86. The van der Waals surface area contributed by atoms with Crippen molar-refractivity contribution in [1.82, 2.24) is 25.4 Å². The van der Waals surface area contributed by atoms with Gasteiger partial charge in [-0.2, -0.15) is 10.2 Å². The predicted octanol–water partition coefficient (Wildman–Crippen LogP) is 0.151. The first-order valence-electron chi connectivity index (χ1n) is 5.54. The van der Waals surface area contributed by atoms with Crippen molar-refractivity contribution >= 4 is 5.82 Å². The molecule has 2 aromatic heterocycles. The van der Waals surface area contributed by atoms with Crippen LogP contribution in [-0.4, -0.2) is 20.0 Å². The number of H-pyrrole nitrogens is 1. The van der Waals surface area contributed by atoms with E-state index in [1.165, 1.54) is 0 Å². The zero-order chi connectivity index (χ0) is 12.3. The average Bonchev–Trinajstić information content (AvgIpc) is 2.92. The fraction of sp³-hybridized carbons (Fsp3) is 0.400. The van der Waals surface area contributed by atoms with E-state index in [9.17, 15) is 0 Å². The van der Waals surface area contributed by atoms with Crippen LogP contribution in [0.5, 0.6) is 0 Å². The van der Waals surface area contributed by atoms with Gasteiger partial charge in [0.25, 0.3) is 0 Å². The van der Waals surface area contributed by atoms with Crippen molar-refractivity contribution in [2.75, 3.05) is 5.73 Å². The lowest BCUT2D eigenvalue weighted by Gasteiger charge is -2.16. The minimum absolute atomic E-state index is 0.206. The second-order valence-corrected chi connectivity index (χ2v) is 3.82. The third-order valence-electron chi connectivity index (χ3n) is 2.66. The third-order valence-corrected chi connectivity index (χ3v) is 2.66. The number of aromatic nitrogens is 4. The summed E-state index contributed by atoms with van der Waals surface area (Å²) in [5.41, 5.74) is 10.3. The molecular formula is C10H17N7. The van der Waals surface area contributed by atoms with Gasteiger partial charge in [0.2, 0.25) is 0 Å². The lowest BCUT2D eigenvalue weighted by molar-refractivity contribution is 0.521. The predicted molar refractivity (Wildman–Crippen MR) is 64.7 cm³/mol. The van der Waals surface area contributed by atoms with Gasteiger partial charge in [0.05, 0.1) is 17.9 Å². The number of hydrogen-bond donors (Lipinski definition) is 4.